The molecule has 6 heteroatoms. The quantitative estimate of drug-likeness (QED) is 0.907. The minimum Gasteiger partial charge on any atom is -0.368 e. The van der Waals surface area contributed by atoms with E-state index in [4.69, 9.17) is 17.3 Å². The van der Waals surface area contributed by atoms with Gasteiger partial charge in [0.05, 0.1) is 0 Å². The number of benzene rings is 1. The first-order valence-electron chi connectivity index (χ1n) is 6.15. The lowest BCUT2D eigenvalue weighted by molar-refractivity contribution is -0.119. The van der Waals surface area contributed by atoms with Gasteiger partial charge in [0.2, 0.25) is 5.91 Å². The Morgan fingerprint density at radius 1 is 1.32 bits per heavy atom. The third-order valence-electron chi connectivity index (χ3n) is 3.48. The standard InChI is InChI=1S/C13H13ClN4O/c14-11-8-4-1-2-5-9(8)13(17-16-11)18-7-3-6-10(18)12(15)19/h1-2,4-5,10H,3,6-7H2,(H2,15,19). The SMILES string of the molecule is NC(=O)C1CCCN1c1nnc(Cl)c2ccccc12. The lowest BCUT2D eigenvalue weighted by Crippen LogP contribution is -2.40. The highest BCUT2D eigenvalue weighted by molar-refractivity contribution is 6.34. The molecule has 1 saturated heterocycles. The molecular formula is C13H13ClN4O. The molecule has 2 aromatic rings. The number of primary amides is 1. The fourth-order valence-electron chi connectivity index (χ4n) is 2.59. The maximum absolute atomic E-state index is 11.5. The average Bonchev–Trinajstić information content (AvgIpc) is 2.89. The Labute approximate surface area is 115 Å². The number of aromatic nitrogens is 2. The van der Waals surface area contributed by atoms with Gasteiger partial charge in [-0.2, -0.15) is 0 Å². The van der Waals surface area contributed by atoms with Crippen LogP contribution in [0.2, 0.25) is 5.15 Å². The molecule has 5 nitrogen and oxygen atoms in total. The number of hydrogen-bond donors (Lipinski definition) is 1. The summed E-state index contributed by atoms with van der Waals surface area (Å²) in [5, 5.41) is 10.2. The van der Waals surface area contributed by atoms with Crippen LogP contribution in [0.25, 0.3) is 10.8 Å². The molecule has 98 valence electrons. The van der Waals surface area contributed by atoms with Crippen molar-refractivity contribution in [1.29, 1.82) is 0 Å². The molecule has 1 amide bonds. The molecule has 1 atom stereocenters. The molecule has 3 rings (SSSR count). The molecule has 2 heterocycles. The maximum atomic E-state index is 11.5. The highest BCUT2D eigenvalue weighted by atomic mass is 35.5. The number of anilines is 1. The molecule has 1 fully saturated rings. The van der Waals surface area contributed by atoms with Gasteiger partial charge in [0, 0.05) is 17.3 Å². The van der Waals surface area contributed by atoms with E-state index >= 15 is 0 Å². The predicted molar refractivity (Wildman–Crippen MR) is 74.1 cm³/mol. The van der Waals surface area contributed by atoms with Gasteiger partial charge in [-0.3, -0.25) is 4.79 Å². The Balaban J connectivity index is 2.15. The van der Waals surface area contributed by atoms with E-state index in [0.29, 0.717) is 11.0 Å². The number of carbonyl (C=O) groups is 1. The van der Waals surface area contributed by atoms with Crippen LogP contribution >= 0.6 is 11.6 Å². The summed E-state index contributed by atoms with van der Waals surface area (Å²) < 4.78 is 0. The Morgan fingerprint density at radius 3 is 2.79 bits per heavy atom. The molecule has 0 aliphatic carbocycles. The molecule has 1 aliphatic rings. The second kappa shape index (κ2) is 4.66. The molecule has 19 heavy (non-hydrogen) atoms. The summed E-state index contributed by atoms with van der Waals surface area (Å²) in [7, 11) is 0. The topological polar surface area (TPSA) is 72.1 Å². The van der Waals surface area contributed by atoms with Crippen LogP contribution in [0.3, 0.4) is 0 Å². The lowest BCUT2D eigenvalue weighted by Gasteiger charge is -2.24. The molecule has 0 radical (unpaired) electrons. The van der Waals surface area contributed by atoms with E-state index in [1.165, 1.54) is 0 Å². The number of carbonyl (C=O) groups excluding carboxylic acids is 1. The first kappa shape index (κ1) is 12.2. The molecule has 1 aliphatic heterocycles. The first-order valence-corrected chi connectivity index (χ1v) is 6.53. The van der Waals surface area contributed by atoms with E-state index < -0.39 is 0 Å². The second-order valence-corrected chi connectivity index (χ2v) is 4.97. The van der Waals surface area contributed by atoms with Crippen LogP contribution in [-0.4, -0.2) is 28.7 Å². The normalized spacial score (nSPS) is 19.0. The van der Waals surface area contributed by atoms with Crippen molar-refractivity contribution < 1.29 is 4.79 Å². The summed E-state index contributed by atoms with van der Waals surface area (Å²) in [4.78, 5) is 13.4. The molecule has 0 bridgehead atoms. The van der Waals surface area contributed by atoms with Crippen LogP contribution in [0.15, 0.2) is 24.3 Å². The summed E-state index contributed by atoms with van der Waals surface area (Å²) in [6, 6.07) is 7.33. The molecule has 1 aromatic heterocycles. The van der Waals surface area contributed by atoms with Crippen molar-refractivity contribution in [2.45, 2.75) is 18.9 Å². The third-order valence-corrected chi connectivity index (χ3v) is 3.76. The van der Waals surface area contributed by atoms with Gasteiger partial charge in [-0.1, -0.05) is 35.9 Å². The Hall–Kier alpha value is -1.88. The van der Waals surface area contributed by atoms with Crippen molar-refractivity contribution in [1.82, 2.24) is 10.2 Å². The fraction of sp³-hybridized carbons (Fsp3) is 0.308. The largest absolute Gasteiger partial charge is 0.368 e. The van der Waals surface area contributed by atoms with E-state index in [0.717, 1.165) is 30.2 Å². The number of halogens is 1. The summed E-state index contributed by atoms with van der Waals surface area (Å²) >= 11 is 6.05. The van der Waals surface area contributed by atoms with E-state index in [-0.39, 0.29) is 11.9 Å². The van der Waals surface area contributed by atoms with Crippen molar-refractivity contribution in [3.05, 3.63) is 29.4 Å². The van der Waals surface area contributed by atoms with Crippen molar-refractivity contribution in [3.8, 4) is 0 Å². The highest BCUT2D eigenvalue weighted by Crippen LogP contribution is 2.32. The first-order chi connectivity index (χ1) is 9.18. The number of nitrogens with two attached hydrogens (primary N) is 1. The van der Waals surface area contributed by atoms with Gasteiger partial charge in [0.15, 0.2) is 11.0 Å². The van der Waals surface area contributed by atoms with Gasteiger partial charge in [0.1, 0.15) is 6.04 Å². The van der Waals surface area contributed by atoms with E-state index in [2.05, 4.69) is 10.2 Å². The van der Waals surface area contributed by atoms with Crippen LogP contribution in [0, 0.1) is 0 Å². The van der Waals surface area contributed by atoms with Crippen LogP contribution in [-0.2, 0) is 4.79 Å². The highest BCUT2D eigenvalue weighted by Gasteiger charge is 2.31. The van der Waals surface area contributed by atoms with Crippen LogP contribution in [0.5, 0.6) is 0 Å². The van der Waals surface area contributed by atoms with Crippen molar-refractivity contribution in [2.24, 2.45) is 5.73 Å². The van der Waals surface area contributed by atoms with Crippen LogP contribution in [0.1, 0.15) is 12.8 Å². The number of amides is 1. The molecule has 0 spiro atoms. The predicted octanol–water partition coefficient (Wildman–Crippen LogP) is 1.74. The summed E-state index contributed by atoms with van der Waals surface area (Å²) in [5.41, 5.74) is 5.44. The maximum Gasteiger partial charge on any atom is 0.240 e. The average molecular weight is 277 g/mol. The monoisotopic (exact) mass is 276 g/mol. The minimum absolute atomic E-state index is 0.307. The van der Waals surface area contributed by atoms with Gasteiger partial charge in [-0.15, -0.1) is 10.2 Å². The molecule has 2 N–H and O–H groups in total. The Kier molecular flexibility index (Phi) is 2.98. The van der Waals surface area contributed by atoms with Crippen molar-refractivity contribution >= 4 is 34.1 Å². The van der Waals surface area contributed by atoms with E-state index in [1.54, 1.807) is 0 Å². The van der Waals surface area contributed by atoms with Crippen molar-refractivity contribution in [3.63, 3.8) is 0 Å². The van der Waals surface area contributed by atoms with E-state index in [9.17, 15) is 4.79 Å². The van der Waals surface area contributed by atoms with Gasteiger partial charge in [0.25, 0.3) is 0 Å². The smallest absolute Gasteiger partial charge is 0.240 e. The van der Waals surface area contributed by atoms with Gasteiger partial charge in [-0.05, 0) is 12.8 Å². The molecule has 1 aromatic carbocycles. The van der Waals surface area contributed by atoms with Crippen LogP contribution in [0.4, 0.5) is 5.82 Å². The number of nitrogens with zero attached hydrogens (tertiary/aromatic N) is 3. The van der Waals surface area contributed by atoms with Crippen molar-refractivity contribution in [2.75, 3.05) is 11.4 Å². The minimum atomic E-state index is -0.321. The summed E-state index contributed by atoms with van der Waals surface area (Å²) in [5.74, 6) is 0.361. The summed E-state index contributed by atoms with van der Waals surface area (Å²) in [6.45, 7) is 0.758. The lowest BCUT2D eigenvalue weighted by atomic mass is 10.1. The summed E-state index contributed by atoms with van der Waals surface area (Å²) in [6.07, 6.45) is 1.68. The van der Waals surface area contributed by atoms with Crippen LogP contribution < -0.4 is 10.6 Å². The van der Waals surface area contributed by atoms with Gasteiger partial charge in [-0.25, -0.2) is 0 Å². The Bertz CT molecular complexity index is 646. The van der Waals surface area contributed by atoms with E-state index in [1.807, 2.05) is 29.2 Å². The zero-order valence-electron chi connectivity index (χ0n) is 10.2. The zero-order chi connectivity index (χ0) is 13.4. The number of rotatable bonds is 2. The van der Waals surface area contributed by atoms with Gasteiger partial charge < -0.3 is 10.6 Å². The molecule has 0 saturated carbocycles. The Morgan fingerprint density at radius 2 is 2.05 bits per heavy atom. The molecule has 1 unspecified atom stereocenters. The zero-order valence-corrected chi connectivity index (χ0v) is 11.0. The number of hydrogen-bond acceptors (Lipinski definition) is 4. The fourth-order valence-corrected chi connectivity index (χ4v) is 2.79. The number of fused-ring (bicyclic) bond motifs is 1. The van der Waals surface area contributed by atoms with Gasteiger partial charge >= 0.3 is 0 Å². The third kappa shape index (κ3) is 2.00. The second-order valence-electron chi connectivity index (χ2n) is 4.61. The molecular weight excluding hydrogens is 264 g/mol.